The third-order valence-corrected chi connectivity index (χ3v) is 4.07. The highest BCUT2D eigenvalue weighted by Crippen LogP contribution is 2.20. The number of halogens is 1. The van der Waals surface area contributed by atoms with Crippen molar-refractivity contribution < 1.29 is 9.13 Å². The topological polar surface area (TPSA) is 9.23 Å². The summed E-state index contributed by atoms with van der Waals surface area (Å²) in [4.78, 5) is 0. The summed E-state index contributed by atoms with van der Waals surface area (Å²) in [5.41, 5.74) is 3.25. The van der Waals surface area contributed by atoms with E-state index in [0.717, 1.165) is 48.2 Å². The third-order valence-electron chi connectivity index (χ3n) is 4.07. The number of ether oxygens (including phenoxy) is 1. The van der Waals surface area contributed by atoms with E-state index in [9.17, 15) is 4.39 Å². The van der Waals surface area contributed by atoms with E-state index in [0.29, 0.717) is 12.8 Å². The van der Waals surface area contributed by atoms with Gasteiger partial charge in [0.05, 0.1) is 7.11 Å². The smallest absolute Gasteiger partial charge is 0.121 e. The van der Waals surface area contributed by atoms with Crippen molar-refractivity contribution in [2.75, 3.05) is 7.11 Å². The standard InChI is InChI=1S/C25H37FO/c1-7-12-21(16-18-23(11-5)25(27-6)15-10-4)17-19-24(26)20-22(13-8-2)14-9-3/h7,10,12-13,15-16,18,20H,1,8-9,11,14,17,19H2,2-6H3/b15-10+,18-16+,21-12+,22-13-,24-20+,25-23+. The van der Waals surface area contributed by atoms with Crippen LogP contribution in [0.25, 0.3) is 0 Å². The molecule has 0 amide bonds. The van der Waals surface area contributed by atoms with Gasteiger partial charge in [0.15, 0.2) is 0 Å². The normalized spacial score (nSPS) is 14.8. The van der Waals surface area contributed by atoms with Gasteiger partial charge in [0.25, 0.3) is 0 Å². The molecule has 27 heavy (non-hydrogen) atoms. The third kappa shape index (κ3) is 11.3. The molecule has 0 rings (SSSR count). The molecule has 0 atom stereocenters. The van der Waals surface area contributed by atoms with Crippen LogP contribution in [0, 0.1) is 0 Å². The predicted octanol–water partition coefficient (Wildman–Crippen LogP) is 8.31. The Morgan fingerprint density at radius 2 is 1.74 bits per heavy atom. The molecule has 0 aromatic rings. The molecule has 0 unspecified atom stereocenters. The van der Waals surface area contributed by atoms with Crippen molar-refractivity contribution in [3.63, 3.8) is 0 Å². The molecule has 150 valence electrons. The average Bonchev–Trinajstić information content (AvgIpc) is 2.65. The Morgan fingerprint density at radius 3 is 2.26 bits per heavy atom. The van der Waals surface area contributed by atoms with Crippen LogP contribution in [0.2, 0.25) is 0 Å². The van der Waals surface area contributed by atoms with Gasteiger partial charge in [-0.1, -0.05) is 70.2 Å². The van der Waals surface area contributed by atoms with Gasteiger partial charge < -0.3 is 4.74 Å². The van der Waals surface area contributed by atoms with Crippen LogP contribution in [-0.4, -0.2) is 7.11 Å². The SMILES string of the molecule is C=C\C=C(/C=C/C(CC)=C(\C=C\C)OC)CC/C(F)=C\C(=C/CC)CCC. The van der Waals surface area contributed by atoms with Crippen molar-refractivity contribution >= 4 is 0 Å². The molecule has 0 aromatic carbocycles. The molecule has 0 heterocycles. The Bertz CT molecular complexity index is 612. The Labute approximate surface area is 166 Å². The molecule has 2 heteroatoms. The molecule has 0 aliphatic carbocycles. The van der Waals surface area contributed by atoms with Gasteiger partial charge in [0.2, 0.25) is 0 Å². The van der Waals surface area contributed by atoms with Crippen LogP contribution in [0.15, 0.2) is 83.5 Å². The fourth-order valence-electron chi connectivity index (χ4n) is 2.73. The summed E-state index contributed by atoms with van der Waals surface area (Å²) in [6.45, 7) is 12.0. The second-order valence-corrected chi connectivity index (χ2v) is 6.29. The molecule has 0 aliphatic heterocycles. The largest absolute Gasteiger partial charge is 0.496 e. The second-order valence-electron chi connectivity index (χ2n) is 6.29. The minimum atomic E-state index is -0.0655. The summed E-state index contributed by atoms with van der Waals surface area (Å²) in [6.07, 6.45) is 20.3. The molecular weight excluding hydrogens is 335 g/mol. The lowest BCUT2D eigenvalue weighted by Gasteiger charge is -2.07. The zero-order valence-corrected chi connectivity index (χ0v) is 17.9. The summed E-state index contributed by atoms with van der Waals surface area (Å²) >= 11 is 0. The maximum atomic E-state index is 14.4. The van der Waals surface area contributed by atoms with Crippen molar-refractivity contribution in [1.82, 2.24) is 0 Å². The fraction of sp³-hybridized carbons (Fsp3) is 0.440. The molecule has 0 saturated heterocycles. The summed E-state index contributed by atoms with van der Waals surface area (Å²) in [5.74, 6) is 0.790. The Morgan fingerprint density at radius 1 is 1.00 bits per heavy atom. The Hall–Kier alpha value is -2.09. The van der Waals surface area contributed by atoms with E-state index in [4.69, 9.17) is 4.74 Å². The molecule has 0 spiro atoms. The summed E-state index contributed by atoms with van der Waals surface area (Å²) in [5, 5.41) is 0. The monoisotopic (exact) mass is 372 g/mol. The molecule has 0 aliphatic rings. The lowest BCUT2D eigenvalue weighted by atomic mass is 10.0. The second kappa shape index (κ2) is 16.1. The lowest BCUT2D eigenvalue weighted by Crippen LogP contribution is -1.90. The van der Waals surface area contributed by atoms with Crippen molar-refractivity contribution in [1.29, 1.82) is 0 Å². The first kappa shape index (κ1) is 24.9. The van der Waals surface area contributed by atoms with Crippen LogP contribution in [0.4, 0.5) is 4.39 Å². The summed E-state index contributed by atoms with van der Waals surface area (Å²) in [7, 11) is 1.68. The molecular formula is C25H37FO. The lowest BCUT2D eigenvalue weighted by molar-refractivity contribution is 0.302. The van der Waals surface area contributed by atoms with Gasteiger partial charge in [-0.05, 0) is 61.5 Å². The number of allylic oxidation sites excluding steroid dienone is 12. The zero-order chi connectivity index (χ0) is 20.5. The summed E-state index contributed by atoms with van der Waals surface area (Å²) < 4.78 is 19.8. The van der Waals surface area contributed by atoms with Crippen LogP contribution in [-0.2, 0) is 4.74 Å². The van der Waals surface area contributed by atoms with Crippen molar-refractivity contribution in [3.8, 4) is 0 Å². The number of methoxy groups -OCH3 is 1. The Balaban J connectivity index is 5.24. The van der Waals surface area contributed by atoms with Gasteiger partial charge in [-0.2, -0.15) is 0 Å². The highest BCUT2D eigenvalue weighted by molar-refractivity contribution is 5.34. The van der Waals surface area contributed by atoms with Crippen LogP contribution in [0.3, 0.4) is 0 Å². The number of hydrogen-bond donors (Lipinski definition) is 0. The molecule has 0 aromatic heterocycles. The number of rotatable bonds is 13. The van der Waals surface area contributed by atoms with E-state index in [-0.39, 0.29) is 5.83 Å². The van der Waals surface area contributed by atoms with Gasteiger partial charge in [0.1, 0.15) is 11.6 Å². The quantitative estimate of drug-likeness (QED) is 0.233. The van der Waals surface area contributed by atoms with Crippen molar-refractivity contribution in [2.45, 2.75) is 66.2 Å². The van der Waals surface area contributed by atoms with E-state index in [1.807, 2.05) is 31.2 Å². The minimum Gasteiger partial charge on any atom is -0.496 e. The van der Waals surface area contributed by atoms with Crippen molar-refractivity contribution in [2.24, 2.45) is 0 Å². The molecule has 0 fully saturated rings. The Kier molecular flexibility index (Phi) is 14.9. The van der Waals surface area contributed by atoms with Crippen LogP contribution in [0.1, 0.15) is 66.2 Å². The van der Waals surface area contributed by atoms with Crippen LogP contribution in [0.5, 0.6) is 0 Å². The zero-order valence-electron chi connectivity index (χ0n) is 17.9. The van der Waals surface area contributed by atoms with E-state index in [1.165, 1.54) is 0 Å². The van der Waals surface area contributed by atoms with Gasteiger partial charge in [0, 0.05) is 6.42 Å². The van der Waals surface area contributed by atoms with Gasteiger partial charge in [-0.15, -0.1) is 0 Å². The van der Waals surface area contributed by atoms with Crippen molar-refractivity contribution in [3.05, 3.63) is 83.5 Å². The summed E-state index contributed by atoms with van der Waals surface area (Å²) in [6, 6.07) is 0. The average molecular weight is 373 g/mol. The molecule has 0 bridgehead atoms. The van der Waals surface area contributed by atoms with E-state index in [1.54, 1.807) is 19.3 Å². The van der Waals surface area contributed by atoms with Crippen LogP contribution >= 0.6 is 0 Å². The molecule has 0 saturated carbocycles. The number of hydrogen-bond acceptors (Lipinski definition) is 1. The minimum absolute atomic E-state index is 0.0655. The first-order chi connectivity index (χ1) is 13.1. The highest BCUT2D eigenvalue weighted by atomic mass is 19.1. The van der Waals surface area contributed by atoms with Gasteiger partial charge in [-0.25, -0.2) is 4.39 Å². The van der Waals surface area contributed by atoms with Crippen LogP contribution < -0.4 is 0 Å². The van der Waals surface area contributed by atoms with E-state index < -0.39 is 0 Å². The molecule has 0 radical (unpaired) electrons. The predicted molar refractivity (Wildman–Crippen MR) is 118 cm³/mol. The molecule has 1 nitrogen and oxygen atoms in total. The first-order valence-electron chi connectivity index (χ1n) is 10.0. The first-order valence-corrected chi connectivity index (χ1v) is 10.0. The van der Waals surface area contributed by atoms with Gasteiger partial charge in [-0.3, -0.25) is 0 Å². The highest BCUT2D eigenvalue weighted by Gasteiger charge is 2.02. The van der Waals surface area contributed by atoms with E-state index in [2.05, 4.69) is 39.5 Å². The fourth-order valence-corrected chi connectivity index (χ4v) is 2.73. The molecule has 0 N–H and O–H groups in total. The van der Waals surface area contributed by atoms with E-state index >= 15 is 0 Å². The van der Waals surface area contributed by atoms with Gasteiger partial charge >= 0.3 is 0 Å². The maximum absolute atomic E-state index is 14.4. The maximum Gasteiger partial charge on any atom is 0.121 e.